The van der Waals surface area contributed by atoms with Gasteiger partial charge in [0.15, 0.2) is 0 Å². The first-order chi connectivity index (χ1) is 9.92. The third kappa shape index (κ3) is 3.43. The van der Waals surface area contributed by atoms with E-state index >= 15 is 0 Å². The molecule has 10 heteroatoms. The molecule has 1 heterocycles. The van der Waals surface area contributed by atoms with Crippen molar-refractivity contribution in [2.75, 3.05) is 10.1 Å². The Hall–Kier alpha value is -2.72. The lowest BCUT2D eigenvalue weighted by Crippen LogP contribution is -2.14. The van der Waals surface area contributed by atoms with E-state index in [-0.39, 0.29) is 16.3 Å². The minimum absolute atomic E-state index is 0.0557. The van der Waals surface area contributed by atoms with Gasteiger partial charge in [-0.3, -0.25) is 14.8 Å². The molecule has 0 atom stereocenters. The molecular weight excluding hydrogens is 298 g/mol. The Bertz CT molecular complexity index is 743. The summed E-state index contributed by atoms with van der Waals surface area (Å²) in [7, 11) is -3.82. The van der Waals surface area contributed by atoms with E-state index in [0.717, 1.165) is 6.20 Å². The summed E-state index contributed by atoms with van der Waals surface area (Å²) in [5.41, 5.74) is 2.36. The van der Waals surface area contributed by atoms with Crippen molar-refractivity contribution in [2.24, 2.45) is 5.84 Å². The van der Waals surface area contributed by atoms with Gasteiger partial charge < -0.3 is 5.43 Å². The van der Waals surface area contributed by atoms with Gasteiger partial charge in [0.2, 0.25) is 0 Å². The fourth-order valence-corrected chi connectivity index (χ4v) is 2.49. The number of nitrogens with one attached hydrogen (secondary N) is 2. The van der Waals surface area contributed by atoms with Crippen molar-refractivity contribution in [2.45, 2.75) is 4.90 Å². The van der Waals surface area contributed by atoms with Crippen molar-refractivity contribution in [3.05, 3.63) is 52.7 Å². The maximum absolute atomic E-state index is 12.1. The van der Waals surface area contributed by atoms with Crippen LogP contribution in [0.15, 0.2) is 47.5 Å². The molecule has 0 bridgehead atoms. The Morgan fingerprint density at radius 1 is 1.14 bits per heavy atom. The van der Waals surface area contributed by atoms with Crippen LogP contribution in [0.1, 0.15) is 0 Å². The van der Waals surface area contributed by atoms with E-state index in [1.165, 1.54) is 36.4 Å². The number of hydrogen-bond acceptors (Lipinski definition) is 7. The van der Waals surface area contributed by atoms with Gasteiger partial charge in [0.1, 0.15) is 10.7 Å². The van der Waals surface area contributed by atoms with Crippen LogP contribution in [0, 0.1) is 10.1 Å². The Morgan fingerprint density at radius 2 is 1.81 bits per heavy atom. The number of nitrogens with zero attached hydrogens (tertiary/aromatic N) is 2. The van der Waals surface area contributed by atoms with Crippen LogP contribution in [-0.4, -0.2) is 18.3 Å². The van der Waals surface area contributed by atoms with Gasteiger partial charge in [-0.25, -0.2) is 19.2 Å². The third-order valence-electron chi connectivity index (χ3n) is 2.52. The average molecular weight is 309 g/mol. The molecule has 0 saturated carbocycles. The molecule has 0 aliphatic carbocycles. The number of sulfonamides is 1. The summed E-state index contributed by atoms with van der Waals surface area (Å²) in [6.07, 6.45) is 1.14. The first-order valence-electron chi connectivity index (χ1n) is 5.62. The quantitative estimate of drug-likeness (QED) is 0.426. The van der Waals surface area contributed by atoms with Gasteiger partial charge in [0.25, 0.3) is 15.7 Å². The van der Waals surface area contributed by atoms with E-state index in [2.05, 4.69) is 15.1 Å². The van der Waals surface area contributed by atoms with Gasteiger partial charge in [0, 0.05) is 24.0 Å². The second-order valence-corrected chi connectivity index (χ2v) is 5.62. The van der Waals surface area contributed by atoms with Crippen molar-refractivity contribution in [3.8, 4) is 0 Å². The van der Waals surface area contributed by atoms with E-state index in [9.17, 15) is 18.5 Å². The normalized spacial score (nSPS) is 10.9. The summed E-state index contributed by atoms with van der Waals surface area (Å²) in [5.74, 6) is 5.46. The number of benzene rings is 1. The Kier molecular flexibility index (Phi) is 4.00. The topological polar surface area (TPSA) is 140 Å². The average Bonchev–Trinajstić information content (AvgIpc) is 2.47. The van der Waals surface area contributed by atoms with Gasteiger partial charge in [-0.05, 0) is 24.3 Å². The number of pyridine rings is 1. The highest BCUT2D eigenvalue weighted by molar-refractivity contribution is 7.92. The predicted molar refractivity (Wildman–Crippen MR) is 76.0 cm³/mol. The second kappa shape index (κ2) is 5.73. The number of hydrazine groups is 1. The lowest BCUT2D eigenvalue weighted by molar-refractivity contribution is -0.384. The molecule has 2 aromatic rings. The van der Waals surface area contributed by atoms with Crippen LogP contribution in [0.2, 0.25) is 0 Å². The number of nitrogen functional groups attached to an aromatic ring is 1. The highest BCUT2D eigenvalue weighted by Gasteiger charge is 2.15. The van der Waals surface area contributed by atoms with Crippen LogP contribution in [0.4, 0.5) is 17.2 Å². The number of hydrogen-bond donors (Lipinski definition) is 3. The molecule has 1 aromatic heterocycles. The van der Waals surface area contributed by atoms with Crippen LogP contribution < -0.4 is 16.0 Å². The maximum Gasteiger partial charge on any atom is 0.269 e. The number of aromatic nitrogens is 1. The molecule has 21 heavy (non-hydrogen) atoms. The van der Waals surface area contributed by atoms with Crippen molar-refractivity contribution in [1.82, 2.24) is 4.98 Å². The van der Waals surface area contributed by atoms with Crippen molar-refractivity contribution < 1.29 is 13.3 Å². The lowest BCUT2D eigenvalue weighted by atomic mass is 10.3. The van der Waals surface area contributed by atoms with E-state index in [1.54, 1.807) is 0 Å². The molecule has 0 aliphatic heterocycles. The Morgan fingerprint density at radius 3 is 2.29 bits per heavy atom. The zero-order valence-electron chi connectivity index (χ0n) is 10.6. The summed E-state index contributed by atoms with van der Waals surface area (Å²) >= 11 is 0. The molecule has 9 nitrogen and oxygen atoms in total. The molecule has 0 spiro atoms. The Balaban J connectivity index is 2.21. The van der Waals surface area contributed by atoms with E-state index in [1.807, 2.05) is 0 Å². The summed E-state index contributed by atoms with van der Waals surface area (Å²) < 4.78 is 26.5. The number of nitro benzene ring substituents is 1. The zero-order chi connectivity index (χ0) is 15.5. The van der Waals surface area contributed by atoms with Gasteiger partial charge >= 0.3 is 0 Å². The minimum Gasteiger partial charge on any atom is -0.308 e. The van der Waals surface area contributed by atoms with Crippen LogP contribution in [0.3, 0.4) is 0 Å². The maximum atomic E-state index is 12.1. The molecule has 0 amide bonds. The molecule has 0 saturated heterocycles. The molecule has 0 unspecified atom stereocenters. The zero-order valence-corrected chi connectivity index (χ0v) is 11.4. The van der Waals surface area contributed by atoms with Gasteiger partial charge in [-0.15, -0.1) is 0 Å². The van der Waals surface area contributed by atoms with E-state index < -0.39 is 14.9 Å². The highest BCUT2D eigenvalue weighted by atomic mass is 32.2. The predicted octanol–water partition coefficient (Wildman–Crippen LogP) is 1.08. The third-order valence-corrected chi connectivity index (χ3v) is 3.89. The van der Waals surface area contributed by atoms with Crippen LogP contribution >= 0.6 is 0 Å². The molecule has 2 rings (SSSR count). The molecule has 1 aromatic carbocycles. The number of nitrogens with two attached hydrogens (primary N) is 1. The monoisotopic (exact) mass is 309 g/mol. The van der Waals surface area contributed by atoms with Crippen LogP contribution in [-0.2, 0) is 10.0 Å². The molecular formula is C11H11N5O4S. The van der Waals surface area contributed by atoms with Crippen molar-refractivity contribution >= 4 is 27.2 Å². The first kappa shape index (κ1) is 14.7. The second-order valence-electron chi connectivity index (χ2n) is 3.93. The standard InChI is InChI=1S/C11H11N5O4S/c12-14-11-6-5-10(7-13-11)21(19,20)15-8-1-3-9(4-2-8)16(17)18/h1-7,15H,12H2,(H,13,14). The van der Waals surface area contributed by atoms with Crippen molar-refractivity contribution in [3.63, 3.8) is 0 Å². The molecule has 0 aliphatic rings. The largest absolute Gasteiger partial charge is 0.308 e. The smallest absolute Gasteiger partial charge is 0.269 e. The molecule has 110 valence electrons. The Labute approximate surface area is 120 Å². The fraction of sp³-hybridized carbons (Fsp3) is 0. The van der Waals surface area contributed by atoms with E-state index in [4.69, 9.17) is 5.84 Å². The highest BCUT2D eigenvalue weighted by Crippen LogP contribution is 2.19. The number of rotatable bonds is 5. The first-order valence-corrected chi connectivity index (χ1v) is 7.10. The number of non-ortho nitro benzene ring substituents is 1. The number of nitro groups is 1. The summed E-state index contributed by atoms with van der Waals surface area (Å²) in [6, 6.07) is 7.76. The number of anilines is 2. The minimum atomic E-state index is -3.82. The van der Waals surface area contributed by atoms with Crippen LogP contribution in [0.25, 0.3) is 0 Å². The SMILES string of the molecule is NNc1ccc(S(=O)(=O)Nc2ccc([N+](=O)[O-])cc2)cn1. The fourth-order valence-electron chi connectivity index (χ4n) is 1.49. The van der Waals surface area contributed by atoms with Gasteiger partial charge in [0.05, 0.1) is 4.92 Å². The molecule has 4 N–H and O–H groups in total. The summed E-state index contributed by atoms with van der Waals surface area (Å²) in [5, 5.41) is 10.5. The van der Waals surface area contributed by atoms with Crippen molar-refractivity contribution in [1.29, 1.82) is 0 Å². The van der Waals surface area contributed by atoms with Gasteiger partial charge in [-0.1, -0.05) is 0 Å². The molecule has 0 radical (unpaired) electrons. The van der Waals surface area contributed by atoms with Crippen LogP contribution in [0.5, 0.6) is 0 Å². The van der Waals surface area contributed by atoms with E-state index in [0.29, 0.717) is 5.82 Å². The summed E-state index contributed by atoms with van der Waals surface area (Å²) in [4.78, 5) is 13.7. The lowest BCUT2D eigenvalue weighted by Gasteiger charge is -2.08. The summed E-state index contributed by atoms with van der Waals surface area (Å²) in [6.45, 7) is 0. The molecule has 0 fully saturated rings. The van der Waals surface area contributed by atoms with Gasteiger partial charge in [-0.2, -0.15) is 0 Å².